The highest BCUT2D eigenvalue weighted by Crippen LogP contribution is 2.32. The van der Waals surface area contributed by atoms with E-state index in [1.807, 2.05) is 6.92 Å². The second kappa shape index (κ2) is 8.30. The fraction of sp³-hybridized carbons (Fsp3) is 0.526. The number of hydrogen-bond acceptors (Lipinski definition) is 5. The number of amides is 1. The minimum Gasteiger partial charge on any atom is -0.356 e. The molecule has 1 unspecified atom stereocenters. The molecule has 0 spiro atoms. The maximum atomic E-state index is 12.9. The molecule has 0 saturated carbocycles. The first-order valence-corrected chi connectivity index (χ1v) is 9.23. The molecule has 1 amide bonds. The van der Waals surface area contributed by atoms with Gasteiger partial charge in [0.25, 0.3) is 0 Å². The number of halogens is 3. The molecule has 28 heavy (non-hydrogen) atoms. The SMILES string of the molecule is CC(=O)NCC1CCN(C(C)c2nc(-c3cccc(C(F)(F)F)c3)no2)CC1. The Morgan fingerprint density at radius 2 is 2.07 bits per heavy atom. The number of alkyl halides is 3. The zero-order chi connectivity index (χ0) is 20.3. The van der Waals surface area contributed by atoms with E-state index in [9.17, 15) is 18.0 Å². The Hall–Kier alpha value is -2.42. The molecule has 152 valence electrons. The minimum absolute atomic E-state index is 0.0243. The van der Waals surface area contributed by atoms with Crippen molar-refractivity contribution in [2.75, 3.05) is 19.6 Å². The maximum Gasteiger partial charge on any atom is 0.416 e. The molecule has 1 aliphatic heterocycles. The Balaban J connectivity index is 1.64. The van der Waals surface area contributed by atoms with E-state index < -0.39 is 11.7 Å². The summed E-state index contributed by atoms with van der Waals surface area (Å²) in [6.45, 7) is 5.78. The van der Waals surface area contributed by atoms with Crippen LogP contribution < -0.4 is 5.32 Å². The lowest BCUT2D eigenvalue weighted by molar-refractivity contribution is -0.137. The van der Waals surface area contributed by atoms with Crippen LogP contribution in [0.1, 0.15) is 44.2 Å². The van der Waals surface area contributed by atoms with Crippen LogP contribution in [0, 0.1) is 5.92 Å². The molecule has 2 heterocycles. The average molecular weight is 396 g/mol. The van der Waals surface area contributed by atoms with Gasteiger partial charge in [-0.25, -0.2) is 0 Å². The number of aromatic nitrogens is 2. The molecule has 0 radical (unpaired) electrons. The molecule has 1 N–H and O–H groups in total. The number of rotatable bonds is 5. The first-order chi connectivity index (χ1) is 13.2. The van der Waals surface area contributed by atoms with Crippen molar-refractivity contribution in [1.29, 1.82) is 0 Å². The number of nitrogens with zero attached hydrogens (tertiary/aromatic N) is 3. The van der Waals surface area contributed by atoms with Gasteiger partial charge in [0, 0.05) is 19.0 Å². The van der Waals surface area contributed by atoms with Gasteiger partial charge in [0.15, 0.2) is 0 Å². The molecule has 0 aliphatic carbocycles. The lowest BCUT2D eigenvalue weighted by Crippen LogP contribution is -2.39. The third-order valence-corrected chi connectivity index (χ3v) is 5.08. The topological polar surface area (TPSA) is 71.3 Å². The van der Waals surface area contributed by atoms with Gasteiger partial charge in [0.2, 0.25) is 17.6 Å². The summed E-state index contributed by atoms with van der Waals surface area (Å²) in [4.78, 5) is 17.5. The summed E-state index contributed by atoms with van der Waals surface area (Å²) >= 11 is 0. The van der Waals surface area contributed by atoms with Gasteiger partial charge in [-0.15, -0.1) is 0 Å². The standard InChI is InChI=1S/C19H23F3N4O2/c1-12(26-8-6-14(7-9-26)11-23-13(2)27)18-24-17(25-28-18)15-4-3-5-16(10-15)19(20,21)22/h3-5,10,12,14H,6-9,11H2,1-2H3,(H,23,27). The van der Waals surface area contributed by atoms with Crippen molar-refractivity contribution >= 4 is 5.91 Å². The lowest BCUT2D eigenvalue weighted by atomic mass is 9.96. The third kappa shape index (κ3) is 4.89. The zero-order valence-corrected chi connectivity index (χ0v) is 15.8. The van der Waals surface area contributed by atoms with Gasteiger partial charge in [-0.2, -0.15) is 18.2 Å². The van der Waals surface area contributed by atoms with Crippen molar-refractivity contribution in [3.05, 3.63) is 35.7 Å². The number of benzene rings is 1. The van der Waals surface area contributed by atoms with Gasteiger partial charge in [0.05, 0.1) is 11.6 Å². The van der Waals surface area contributed by atoms with Crippen molar-refractivity contribution in [2.45, 2.75) is 38.9 Å². The number of piperidine rings is 1. The molecule has 1 aliphatic rings. The van der Waals surface area contributed by atoms with Crippen LogP contribution in [0.2, 0.25) is 0 Å². The summed E-state index contributed by atoms with van der Waals surface area (Å²) in [5.41, 5.74) is -0.475. The maximum absolute atomic E-state index is 12.9. The fourth-order valence-electron chi connectivity index (χ4n) is 3.35. The smallest absolute Gasteiger partial charge is 0.356 e. The number of nitrogens with one attached hydrogen (secondary N) is 1. The molecule has 1 aromatic carbocycles. The van der Waals surface area contributed by atoms with Crippen LogP contribution >= 0.6 is 0 Å². The van der Waals surface area contributed by atoms with E-state index in [-0.39, 0.29) is 23.3 Å². The highest BCUT2D eigenvalue weighted by Gasteiger charge is 2.31. The lowest BCUT2D eigenvalue weighted by Gasteiger charge is -2.34. The van der Waals surface area contributed by atoms with E-state index >= 15 is 0 Å². The van der Waals surface area contributed by atoms with E-state index in [4.69, 9.17) is 4.52 Å². The molecule has 3 rings (SSSR count). The minimum atomic E-state index is -4.42. The monoisotopic (exact) mass is 396 g/mol. The Bertz CT molecular complexity index is 814. The molecule has 1 saturated heterocycles. The van der Waals surface area contributed by atoms with Crippen LogP contribution in [0.25, 0.3) is 11.4 Å². The summed E-state index contributed by atoms with van der Waals surface area (Å²) in [6.07, 6.45) is -2.53. The van der Waals surface area contributed by atoms with Crippen molar-refractivity contribution in [2.24, 2.45) is 5.92 Å². The molecule has 1 aromatic heterocycles. The average Bonchev–Trinajstić information content (AvgIpc) is 3.16. The van der Waals surface area contributed by atoms with E-state index in [0.29, 0.717) is 18.4 Å². The Labute approximate surface area is 161 Å². The number of hydrogen-bond donors (Lipinski definition) is 1. The second-order valence-electron chi connectivity index (χ2n) is 7.13. The Morgan fingerprint density at radius 1 is 1.36 bits per heavy atom. The molecule has 1 atom stereocenters. The first-order valence-electron chi connectivity index (χ1n) is 9.23. The molecule has 6 nitrogen and oxygen atoms in total. The van der Waals surface area contributed by atoms with Gasteiger partial charge in [-0.1, -0.05) is 17.3 Å². The highest BCUT2D eigenvalue weighted by atomic mass is 19.4. The van der Waals surface area contributed by atoms with E-state index in [0.717, 1.165) is 38.1 Å². The predicted molar refractivity (Wildman–Crippen MR) is 96.1 cm³/mol. The quantitative estimate of drug-likeness (QED) is 0.835. The van der Waals surface area contributed by atoms with Crippen molar-refractivity contribution in [3.8, 4) is 11.4 Å². The largest absolute Gasteiger partial charge is 0.416 e. The highest BCUT2D eigenvalue weighted by molar-refractivity contribution is 5.72. The van der Waals surface area contributed by atoms with Crippen LogP contribution in [0.4, 0.5) is 13.2 Å². The van der Waals surface area contributed by atoms with Gasteiger partial charge in [0.1, 0.15) is 0 Å². The summed E-state index contributed by atoms with van der Waals surface area (Å²) in [7, 11) is 0. The third-order valence-electron chi connectivity index (χ3n) is 5.08. The molecule has 1 fully saturated rings. The molecule has 0 bridgehead atoms. The fourth-order valence-corrected chi connectivity index (χ4v) is 3.35. The summed E-state index contributed by atoms with van der Waals surface area (Å²) in [6, 6.07) is 4.76. The number of carbonyl (C=O) groups excluding carboxylic acids is 1. The zero-order valence-electron chi connectivity index (χ0n) is 15.8. The van der Waals surface area contributed by atoms with E-state index in [2.05, 4.69) is 20.4 Å². The van der Waals surface area contributed by atoms with E-state index in [1.165, 1.54) is 19.1 Å². The first kappa shape index (κ1) is 20.3. The number of carbonyl (C=O) groups is 1. The molecule has 9 heteroatoms. The van der Waals surface area contributed by atoms with E-state index in [1.54, 1.807) is 0 Å². The van der Waals surface area contributed by atoms with Crippen LogP contribution in [0.15, 0.2) is 28.8 Å². The number of likely N-dealkylation sites (tertiary alicyclic amines) is 1. The summed E-state index contributed by atoms with van der Waals surface area (Å²) in [5.74, 6) is 0.945. The van der Waals surface area contributed by atoms with Crippen molar-refractivity contribution in [3.63, 3.8) is 0 Å². The molecular formula is C19H23F3N4O2. The summed E-state index contributed by atoms with van der Waals surface area (Å²) in [5, 5.41) is 6.71. The van der Waals surface area contributed by atoms with Crippen LogP contribution in [-0.4, -0.2) is 40.6 Å². The second-order valence-corrected chi connectivity index (χ2v) is 7.13. The van der Waals surface area contributed by atoms with Gasteiger partial charge >= 0.3 is 6.18 Å². The summed E-state index contributed by atoms with van der Waals surface area (Å²) < 4.78 is 44.0. The normalized spacial score (nSPS) is 17.5. The van der Waals surface area contributed by atoms with Crippen LogP contribution in [-0.2, 0) is 11.0 Å². The van der Waals surface area contributed by atoms with Crippen LogP contribution in [0.5, 0.6) is 0 Å². The van der Waals surface area contributed by atoms with Crippen molar-refractivity contribution < 1.29 is 22.5 Å². The van der Waals surface area contributed by atoms with Gasteiger partial charge < -0.3 is 9.84 Å². The predicted octanol–water partition coefficient (Wildman–Crippen LogP) is 3.66. The van der Waals surface area contributed by atoms with Crippen molar-refractivity contribution in [1.82, 2.24) is 20.4 Å². The molecular weight excluding hydrogens is 373 g/mol. The Kier molecular flexibility index (Phi) is 6.02. The Morgan fingerprint density at radius 3 is 2.71 bits per heavy atom. The van der Waals surface area contributed by atoms with Gasteiger partial charge in [-0.05, 0) is 50.9 Å². The molecule has 2 aromatic rings. The van der Waals surface area contributed by atoms with Crippen LogP contribution in [0.3, 0.4) is 0 Å². The van der Waals surface area contributed by atoms with Gasteiger partial charge in [-0.3, -0.25) is 9.69 Å².